The maximum atomic E-state index is 5.53. The van der Waals surface area contributed by atoms with Crippen LogP contribution in [-0.4, -0.2) is 15.2 Å². The number of H-pyrrole nitrogens is 1. The topological polar surface area (TPSA) is 41.6 Å². The van der Waals surface area contributed by atoms with E-state index < -0.39 is 0 Å². The van der Waals surface area contributed by atoms with Gasteiger partial charge in [-0.05, 0) is 12.8 Å². The fraction of sp³-hybridized carbons (Fsp3) is 0.667. The van der Waals surface area contributed by atoms with Gasteiger partial charge in [-0.15, -0.1) is 11.6 Å². The van der Waals surface area contributed by atoms with E-state index in [9.17, 15) is 0 Å². The van der Waals surface area contributed by atoms with Crippen LogP contribution in [0, 0.1) is 0 Å². The average molecular weight is 158 g/mol. The molecule has 1 heterocycles. The van der Waals surface area contributed by atoms with Gasteiger partial charge < -0.3 is 0 Å². The standard InChI is InChI=1S/C6H8ClN3/c7-3-5-8-6(10-9-5)4-1-2-4/h4H,1-3H2,(H,8,9,10). The summed E-state index contributed by atoms with van der Waals surface area (Å²) in [5.74, 6) is 2.77. The van der Waals surface area contributed by atoms with Gasteiger partial charge in [-0.1, -0.05) is 0 Å². The van der Waals surface area contributed by atoms with Gasteiger partial charge in [-0.3, -0.25) is 5.10 Å². The third-order valence-corrected chi connectivity index (χ3v) is 1.87. The second-order valence-corrected chi connectivity index (χ2v) is 2.82. The minimum absolute atomic E-state index is 0.430. The highest BCUT2D eigenvalue weighted by Crippen LogP contribution is 2.37. The first-order valence-electron chi connectivity index (χ1n) is 3.37. The molecule has 1 aliphatic rings. The number of hydrogen-bond donors (Lipinski definition) is 1. The molecule has 1 aromatic heterocycles. The highest BCUT2D eigenvalue weighted by Gasteiger charge is 2.27. The van der Waals surface area contributed by atoms with E-state index in [1.165, 1.54) is 12.8 Å². The number of aromatic amines is 1. The number of aromatic nitrogens is 3. The first-order valence-corrected chi connectivity index (χ1v) is 3.90. The van der Waals surface area contributed by atoms with Crippen LogP contribution in [0.4, 0.5) is 0 Å². The third-order valence-electron chi connectivity index (χ3n) is 1.62. The minimum atomic E-state index is 0.430. The van der Waals surface area contributed by atoms with Crippen LogP contribution in [0.15, 0.2) is 0 Å². The van der Waals surface area contributed by atoms with Gasteiger partial charge >= 0.3 is 0 Å². The molecule has 0 spiro atoms. The Bertz CT molecular complexity index is 229. The SMILES string of the molecule is ClCc1nc(C2CC2)n[nH]1. The summed E-state index contributed by atoms with van der Waals surface area (Å²) < 4.78 is 0. The lowest BCUT2D eigenvalue weighted by molar-refractivity contribution is 0.934. The van der Waals surface area contributed by atoms with Crippen molar-refractivity contribution in [1.82, 2.24) is 15.2 Å². The van der Waals surface area contributed by atoms with Crippen molar-refractivity contribution in [3.8, 4) is 0 Å². The molecule has 0 amide bonds. The van der Waals surface area contributed by atoms with Crippen molar-refractivity contribution >= 4 is 11.6 Å². The molecule has 2 rings (SSSR count). The van der Waals surface area contributed by atoms with E-state index in [1.54, 1.807) is 0 Å². The van der Waals surface area contributed by atoms with E-state index in [4.69, 9.17) is 11.6 Å². The van der Waals surface area contributed by atoms with Gasteiger partial charge in [0.1, 0.15) is 5.82 Å². The van der Waals surface area contributed by atoms with Crippen LogP contribution >= 0.6 is 11.6 Å². The molecular formula is C6H8ClN3. The molecule has 4 heteroatoms. The summed E-state index contributed by atoms with van der Waals surface area (Å²) in [6, 6.07) is 0. The highest BCUT2D eigenvalue weighted by atomic mass is 35.5. The average Bonchev–Trinajstić information content (AvgIpc) is 2.70. The predicted molar refractivity (Wildman–Crippen MR) is 37.9 cm³/mol. The molecule has 0 bridgehead atoms. The Morgan fingerprint density at radius 1 is 1.60 bits per heavy atom. The van der Waals surface area contributed by atoms with E-state index in [-0.39, 0.29) is 0 Å². The van der Waals surface area contributed by atoms with Crippen LogP contribution in [0.2, 0.25) is 0 Å². The number of halogens is 1. The molecule has 1 N–H and O–H groups in total. The lowest BCUT2D eigenvalue weighted by Gasteiger charge is -1.81. The molecule has 0 radical (unpaired) electrons. The smallest absolute Gasteiger partial charge is 0.153 e. The summed E-state index contributed by atoms with van der Waals surface area (Å²) in [5.41, 5.74) is 0. The molecule has 54 valence electrons. The fourth-order valence-corrected chi connectivity index (χ4v) is 1.01. The molecule has 0 aliphatic heterocycles. The summed E-state index contributed by atoms with van der Waals surface area (Å²) in [5, 5.41) is 6.81. The summed E-state index contributed by atoms with van der Waals surface area (Å²) >= 11 is 5.53. The highest BCUT2D eigenvalue weighted by molar-refractivity contribution is 6.16. The zero-order chi connectivity index (χ0) is 6.97. The number of nitrogens with zero attached hydrogens (tertiary/aromatic N) is 2. The van der Waals surface area contributed by atoms with Crippen LogP contribution in [0.3, 0.4) is 0 Å². The van der Waals surface area contributed by atoms with Crippen molar-refractivity contribution in [2.75, 3.05) is 0 Å². The van der Waals surface area contributed by atoms with Crippen molar-refractivity contribution < 1.29 is 0 Å². The van der Waals surface area contributed by atoms with E-state index in [0.29, 0.717) is 11.8 Å². The quantitative estimate of drug-likeness (QED) is 0.660. The largest absolute Gasteiger partial charge is 0.262 e. The zero-order valence-corrected chi connectivity index (χ0v) is 6.23. The van der Waals surface area contributed by atoms with Gasteiger partial charge in [0.15, 0.2) is 5.82 Å². The van der Waals surface area contributed by atoms with Gasteiger partial charge in [0.05, 0.1) is 5.88 Å². The molecule has 3 nitrogen and oxygen atoms in total. The molecule has 10 heavy (non-hydrogen) atoms. The monoisotopic (exact) mass is 157 g/mol. The molecule has 0 saturated heterocycles. The number of hydrogen-bond acceptors (Lipinski definition) is 2. The van der Waals surface area contributed by atoms with Gasteiger partial charge in [0, 0.05) is 5.92 Å². The van der Waals surface area contributed by atoms with Crippen molar-refractivity contribution in [1.29, 1.82) is 0 Å². The molecule has 0 atom stereocenters. The first kappa shape index (κ1) is 6.16. The summed E-state index contributed by atoms with van der Waals surface area (Å²) in [6.45, 7) is 0. The predicted octanol–water partition coefficient (Wildman–Crippen LogP) is 1.42. The Kier molecular flexibility index (Phi) is 1.38. The number of nitrogens with one attached hydrogen (secondary N) is 1. The normalized spacial score (nSPS) is 17.7. The summed E-state index contributed by atoms with van der Waals surface area (Å²) in [6.07, 6.45) is 2.47. The van der Waals surface area contributed by atoms with Gasteiger partial charge in [0.25, 0.3) is 0 Å². The van der Waals surface area contributed by atoms with Crippen LogP contribution in [0.1, 0.15) is 30.4 Å². The molecule has 1 aliphatic carbocycles. The number of alkyl halides is 1. The maximum absolute atomic E-state index is 5.53. The Morgan fingerprint density at radius 3 is 2.90 bits per heavy atom. The van der Waals surface area contributed by atoms with E-state index >= 15 is 0 Å². The van der Waals surface area contributed by atoms with E-state index in [1.807, 2.05) is 0 Å². The summed E-state index contributed by atoms with van der Waals surface area (Å²) in [4.78, 5) is 4.19. The maximum Gasteiger partial charge on any atom is 0.153 e. The van der Waals surface area contributed by atoms with E-state index in [0.717, 1.165) is 11.6 Å². The van der Waals surface area contributed by atoms with Crippen LogP contribution in [0.25, 0.3) is 0 Å². The van der Waals surface area contributed by atoms with Crippen molar-refractivity contribution in [3.05, 3.63) is 11.6 Å². The Balaban J connectivity index is 2.19. The fourth-order valence-electron chi connectivity index (χ4n) is 0.894. The second-order valence-electron chi connectivity index (χ2n) is 2.55. The van der Waals surface area contributed by atoms with Crippen molar-refractivity contribution in [2.45, 2.75) is 24.6 Å². The van der Waals surface area contributed by atoms with Crippen molar-refractivity contribution in [3.63, 3.8) is 0 Å². The minimum Gasteiger partial charge on any atom is -0.262 e. The lowest BCUT2D eigenvalue weighted by atomic mass is 10.4. The Morgan fingerprint density at radius 2 is 2.40 bits per heavy atom. The van der Waals surface area contributed by atoms with Gasteiger partial charge in [-0.25, -0.2) is 4.98 Å². The Hall–Kier alpha value is -0.570. The van der Waals surface area contributed by atoms with Gasteiger partial charge in [-0.2, -0.15) is 5.10 Å². The summed E-state index contributed by atoms with van der Waals surface area (Å²) in [7, 11) is 0. The van der Waals surface area contributed by atoms with Gasteiger partial charge in [0.2, 0.25) is 0 Å². The molecule has 0 aromatic carbocycles. The first-order chi connectivity index (χ1) is 4.90. The molecule has 1 aromatic rings. The van der Waals surface area contributed by atoms with E-state index in [2.05, 4.69) is 15.2 Å². The lowest BCUT2D eigenvalue weighted by Crippen LogP contribution is -1.81. The molecular weight excluding hydrogens is 150 g/mol. The van der Waals surface area contributed by atoms with Crippen LogP contribution in [0.5, 0.6) is 0 Å². The zero-order valence-electron chi connectivity index (χ0n) is 5.47. The number of rotatable bonds is 2. The Labute approximate surface area is 63.8 Å². The van der Waals surface area contributed by atoms with Crippen LogP contribution in [-0.2, 0) is 5.88 Å². The molecule has 1 fully saturated rings. The second kappa shape index (κ2) is 2.23. The van der Waals surface area contributed by atoms with Crippen LogP contribution < -0.4 is 0 Å². The molecule has 1 saturated carbocycles. The molecule has 0 unspecified atom stereocenters. The third kappa shape index (κ3) is 1.01. The van der Waals surface area contributed by atoms with Crippen molar-refractivity contribution in [2.24, 2.45) is 0 Å².